The topological polar surface area (TPSA) is 46.2 Å². The van der Waals surface area contributed by atoms with E-state index in [9.17, 15) is 5.11 Å². The number of hydrogen-bond donors (Lipinski definition) is 2. The highest BCUT2D eigenvalue weighted by atomic mass is 79.9. The van der Waals surface area contributed by atoms with Gasteiger partial charge in [0.1, 0.15) is 0 Å². The minimum Gasteiger partial charge on any atom is -0.386 e. The fourth-order valence-corrected chi connectivity index (χ4v) is 2.81. The zero-order valence-electron chi connectivity index (χ0n) is 8.62. The van der Waals surface area contributed by atoms with Crippen LogP contribution in [0.1, 0.15) is 37.4 Å². The molecule has 2 rings (SSSR count). The van der Waals surface area contributed by atoms with Crippen LogP contribution in [-0.4, -0.2) is 10.6 Å². The molecule has 0 heterocycles. The number of aliphatic hydroxyl groups excluding tert-OH is 1. The van der Waals surface area contributed by atoms with Gasteiger partial charge >= 0.3 is 0 Å². The Bertz CT molecular complexity index is 347. The van der Waals surface area contributed by atoms with E-state index in [1.165, 1.54) is 0 Å². The lowest BCUT2D eigenvalue weighted by atomic mass is 9.87. The van der Waals surface area contributed by atoms with E-state index in [-0.39, 0.29) is 0 Å². The van der Waals surface area contributed by atoms with Gasteiger partial charge in [-0.25, -0.2) is 0 Å². The highest BCUT2D eigenvalue weighted by Gasteiger charge is 2.38. The molecule has 1 fully saturated rings. The van der Waals surface area contributed by atoms with Crippen molar-refractivity contribution in [2.24, 2.45) is 5.73 Å². The lowest BCUT2D eigenvalue weighted by Crippen LogP contribution is -2.43. The van der Waals surface area contributed by atoms with Crippen molar-refractivity contribution in [2.45, 2.75) is 37.3 Å². The summed E-state index contributed by atoms with van der Waals surface area (Å²) < 4.78 is 0.939. The summed E-state index contributed by atoms with van der Waals surface area (Å²) in [6, 6.07) is 7.75. The Balaban J connectivity index is 2.27. The van der Waals surface area contributed by atoms with Crippen molar-refractivity contribution in [3.8, 4) is 0 Å². The third-order valence-corrected chi connectivity index (χ3v) is 4.00. The number of halogens is 1. The molecule has 0 amide bonds. The van der Waals surface area contributed by atoms with Gasteiger partial charge in [-0.05, 0) is 24.5 Å². The Morgan fingerprint density at radius 3 is 2.47 bits per heavy atom. The molecule has 1 unspecified atom stereocenters. The molecule has 82 valence electrons. The molecule has 0 bridgehead atoms. The molecule has 1 saturated carbocycles. The van der Waals surface area contributed by atoms with Gasteiger partial charge in [0.25, 0.3) is 0 Å². The molecule has 2 nitrogen and oxygen atoms in total. The average molecular weight is 270 g/mol. The van der Waals surface area contributed by atoms with E-state index in [1.54, 1.807) is 0 Å². The van der Waals surface area contributed by atoms with Crippen LogP contribution in [0.5, 0.6) is 0 Å². The Kier molecular flexibility index (Phi) is 3.14. The molecular formula is C12H16BrNO. The van der Waals surface area contributed by atoms with Gasteiger partial charge in [0, 0.05) is 10.0 Å². The summed E-state index contributed by atoms with van der Waals surface area (Å²) in [5.74, 6) is 0. The molecule has 0 aromatic heterocycles. The fraction of sp³-hybridized carbons (Fsp3) is 0.500. The van der Waals surface area contributed by atoms with Crippen molar-refractivity contribution in [3.63, 3.8) is 0 Å². The summed E-state index contributed by atoms with van der Waals surface area (Å²) in [5, 5.41) is 10.3. The van der Waals surface area contributed by atoms with E-state index >= 15 is 0 Å². The standard InChI is InChI=1S/C12H16BrNO/c13-10-6-2-1-5-9(10)11(15)12(14)7-3-4-8-12/h1-2,5-6,11,15H,3-4,7-8,14H2. The van der Waals surface area contributed by atoms with E-state index in [0.717, 1.165) is 35.7 Å². The SMILES string of the molecule is NC1(C(O)c2ccccc2Br)CCCC1. The molecule has 1 atom stereocenters. The average Bonchev–Trinajstić information content (AvgIpc) is 2.66. The minimum absolute atomic E-state index is 0.427. The van der Waals surface area contributed by atoms with E-state index in [1.807, 2.05) is 24.3 Å². The van der Waals surface area contributed by atoms with Gasteiger partial charge in [-0.2, -0.15) is 0 Å². The van der Waals surface area contributed by atoms with Crippen LogP contribution in [0.2, 0.25) is 0 Å². The van der Waals surface area contributed by atoms with Gasteiger partial charge in [0.2, 0.25) is 0 Å². The zero-order valence-corrected chi connectivity index (χ0v) is 10.2. The second-order valence-corrected chi connectivity index (χ2v) is 5.22. The van der Waals surface area contributed by atoms with E-state index in [0.29, 0.717) is 0 Å². The molecule has 15 heavy (non-hydrogen) atoms. The van der Waals surface area contributed by atoms with Gasteiger partial charge in [-0.1, -0.05) is 47.0 Å². The van der Waals surface area contributed by atoms with Crippen molar-refractivity contribution in [1.29, 1.82) is 0 Å². The monoisotopic (exact) mass is 269 g/mol. The highest BCUT2D eigenvalue weighted by Crippen LogP contribution is 2.39. The second kappa shape index (κ2) is 4.24. The first kappa shape index (κ1) is 11.1. The molecule has 3 heteroatoms. The molecule has 0 aliphatic heterocycles. The predicted molar refractivity (Wildman–Crippen MR) is 64.5 cm³/mol. The smallest absolute Gasteiger partial charge is 0.0980 e. The fourth-order valence-electron chi connectivity index (χ4n) is 2.31. The number of hydrogen-bond acceptors (Lipinski definition) is 2. The number of benzene rings is 1. The van der Waals surface area contributed by atoms with Crippen LogP contribution >= 0.6 is 15.9 Å². The Labute approximate surface area is 98.6 Å². The molecule has 3 N–H and O–H groups in total. The first-order valence-electron chi connectivity index (χ1n) is 5.35. The van der Waals surface area contributed by atoms with Crippen LogP contribution in [0.25, 0.3) is 0 Å². The molecule has 0 saturated heterocycles. The van der Waals surface area contributed by atoms with Crippen LogP contribution in [0.4, 0.5) is 0 Å². The van der Waals surface area contributed by atoms with Gasteiger partial charge < -0.3 is 10.8 Å². The molecule has 0 radical (unpaired) electrons. The molecule has 1 aromatic carbocycles. The highest BCUT2D eigenvalue weighted by molar-refractivity contribution is 9.10. The molecular weight excluding hydrogens is 254 g/mol. The molecule has 1 aliphatic carbocycles. The molecule has 1 aromatic rings. The maximum absolute atomic E-state index is 10.3. The Morgan fingerprint density at radius 2 is 1.87 bits per heavy atom. The van der Waals surface area contributed by atoms with Gasteiger partial charge in [0.15, 0.2) is 0 Å². The summed E-state index contributed by atoms with van der Waals surface area (Å²) >= 11 is 3.45. The summed E-state index contributed by atoms with van der Waals surface area (Å²) in [6.07, 6.45) is 3.51. The lowest BCUT2D eigenvalue weighted by molar-refractivity contribution is 0.0865. The normalized spacial score (nSPS) is 21.5. The van der Waals surface area contributed by atoms with Crippen LogP contribution in [-0.2, 0) is 0 Å². The van der Waals surface area contributed by atoms with Crippen LogP contribution < -0.4 is 5.73 Å². The summed E-state index contributed by atoms with van der Waals surface area (Å²) in [6.45, 7) is 0. The quantitative estimate of drug-likeness (QED) is 0.868. The maximum atomic E-state index is 10.3. The zero-order chi connectivity index (χ0) is 10.9. The van der Waals surface area contributed by atoms with Crippen LogP contribution in [0, 0.1) is 0 Å². The third-order valence-electron chi connectivity index (χ3n) is 3.28. The number of rotatable bonds is 2. The van der Waals surface area contributed by atoms with Crippen molar-refractivity contribution in [3.05, 3.63) is 34.3 Å². The van der Waals surface area contributed by atoms with Crippen molar-refractivity contribution >= 4 is 15.9 Å². The van der Waals surface area contributed by atoms with Crippen LogP contribution in [0.15, 0.2) is 28.7 Å². The summed E-state index contributed by atoms with van der Waals surface area (Å²) in [4.78, 5) is 0. The van der Waals surface area contributed by atoms with Gasteiger partial charge in [0.05, 0.1) is 6.10 Å². The van der Waals surface area contributed by atoms with Crippen molar-refractivity contribution < 1.29 is 5.11 Å². The van der Waals surface area contributed by atoms with E-state index in [2.05, 4.69) is 15.9 Å². The van der Waals surface area contributed by atoms with Crippen LogP contribution in [0.3, 0.4) is 0 Å². The van der Waals surface area contributed by atoms with Crippen molar-refractivity contribution in [2.75, 3.05) is 0 Å². The minimum atomic E-state index is -0.560. The first-order chi connectivity index (χ1) is 7.13. The summed E-state index contributed by atoms with van der Waals surface area (Å²) in [7, 11) is 0. The largest absolute Gasteiger partial charge is 0.386 e. The van der Waals surface area contributed by atoms with Gasteiger partial charge in [-0.15, -0.1) is 0 Å². The van der Waals surface area contributed by atoms with E-state index in [4.69, 9.17) is 5.73 Å². The van der Waals surface area contributed by atoms with E-state index < -0.39 is 11.6 Å². The summed E-state index contributed by atoms with van der Waals surface area (Å²) in [5.41, 5.74) is 6.71. The Hall–Kier alpha value is -0.380. The molecule has 1 aliphatic rings. The Morgan fingerprint density at radius 1 is 1.27 bits per heavy atom. The second-order valence-electron chi connectivity index (χ2n) is 4.36. The van der Waals surface area contributed by atoms with Crippen molar-refractivity contribution in [1.82, 2.24) is 0 Å². The molecule has 0 spiro atoms. The predicted octanol–water partition coefficient (Wildman–Crippen LogP) is 2.75. The maximum Gasteiger partial charge on any atom is 0.0980 e. The number of aliphatic hydroxyl groups is 1. The first-order valence-corrected chi connectivity index (χ1v) is 6.14. The van der Waals surface area contributed by atoms with Gasteiger partial charge in [-0.3, -0.25) is 0 Å². The third kappa shape index (κ3) is 2.10. The lowest BCUT2D eigenvalue weighted by Gasteiger charge is -2.30. The number of nitrogens with two attached hydrogens (primary N) is 1.